The SMILES string of the molecule is CC(C)C(=O)N1CCSCc2cc(C(O)(C(F)(F)F)C(F)(F)F)ccc21. The molecule has 0 atom stereocenters. The Bertz CT molecular complexity index is 672. The average molecular weight is 401 g/mol. The molecule has 0 saturated carbocycles. The Kier molecular flexibility index (Phi) is 5.59. The Morgan fingerprint density at radius 1 is 1.15 bits per heavy atom. The van der Waals surface area contributed by atoms with E-state index in [9.17, 15) is 36.2 Å². The number of halogens is 6. The van der Waals surface area contributed by atoms with Gasteiger partial charge in [-0.15, -0.1) is 0 Å². The van der Waals surface area contributed by atoms with Crippen molar-refractivity contribution in [2.45, 2.75) is 37.6 Å². The quantitative estimate of drug-likeness (QED) is 0.754. The first-order chi connectivity index (χ1) is 11.8. The van der Waals surface area contributed by atoms with Crippen LogP contribution in [0.15, 0.2) is 18.2 Å². The molecule has 0 fully saturated rings. The number of hydrogen-bond donors (Lipinski definition) is 1. The summed E-state index contributed by atoms with van der Waals surface area (Å²) in [5.41, 5.74) is -5.87. The van der Waals surface area contributed by atoms with E-state index in [4.69, 9.17) is 0 Å². The van der Waals surface area contributed by atoms with Crippen LogP contribution in [0.25, 0.3) is 0 Å². The lowest BCUT2D eigenvalue weighted by Gasteiger charge is -2.33. The van der Waals surface area contributed by atoms with Gasteiger partial charge in [0.05, 0.1) is 0 Å². The summed E-state index contributed by atoms with van der Waals surface area (Å²) < 4.78 is 78.4. The lowest BCUT2D eigenvalue weighted by Crippen LogP contribution is -2.54. The normalized spacial score (nSPS) is 16.5. The van der Waals surface area contributed by atoms with Crippen molar-refractivity contribution < 1.29 is 36.2 Å². The molecule has 1 aliphatic rings. The van der Waals surface area contributed by atoms with Gasteiger partial charge in [0.1, 0.15) is 0 Å². The first kappa shape index (κ1) is 20.9. The number of nitrogens with zero attached hydrogens (tertiary/aromatic N) is 1. The smallest absolute Gasteiger partial charge is 0.369 e. The van der Waals surface area contributed by atoms with Gasteiger partial charge in [0, 0.05) is 35.2 Å². The predicted octanol–water partition coefficient (Wildman–Crippen LogP) is 4.23. The van der Waals surface area contributed by atoms with Crippen LogP contribution in [0.1, 0.15) is 25.0 Å². The highest BCUT2D eigenvalue weighted by atomic mass is 32.2. The molecule has 2 rings (SSSR count). The van der Waals surface area contributed by atoms with Crippen LogP contribution in [0, 0.1) is 5.92 Å². The number of fused-ring (bicyclic) bond motifs is 1. The number of alkyl halides is 6. The van der Waals surface area contributed by atoms with Gasteiger partial charge in [-0.3, -0.25) is 4.79 Å². The molecule has 1 heterocycles. The molecule has 0 bridgehead atoms. The van der Waals surface area contributed by atoms with E-state index in [1.807, 2.05) is 0 Å². The van der Waals surface area contributed by atoms with Crippen LogP contribution in [-0.2, 0) is 16.1 Å². The second kappa shape index (κ2) is 6.95. The Labute approximate surface area is 150 Å². The molecule has 0 unspecified atom stereocenters. The first-order valence-electron chi connectivity index (χ1n) is 7.69. The molecule has 26 heavy (non-hydrogen) atoms. The molecule has 3 nitrogen and oxygen atoms in total. The third-order valence-corrected chi connectivity index (χ3v) is 5.07. The molecule has 0 aliphatic carbocycles. The lowest BCUT2D eigenvalue weighted by atomic mass is 9.90. The van der Waals surface area contributed by atoms with Crippen LogP contribution >= 0.6 is 11.8 Å². The Hall–Kier alpha value is -1.42. The molecule has 0 saturated heterocycles. The number of rotatable bonds is 2. The predicted molar refractivity (Wildman–Crippen MR) is 85.8 cm³/mol. The van der Waals surface area contributed by atoms with E-state index in [2.05, 4.69) is 0 Å². The van der Waals surface area contributed by atoms with Crippen molar-refractivity contribution in [1.82, 2.24) is 0 Å². The summed E-state index contributed by atoms with van der Waals surface area (Å²) in [4.78, 5) is 13.7. The van der Waals surface area contributed by atoms with Crippen LogP contribution in [0.5, 0.6) is 0 Å². The van der Waals surface area contributed by atoms with E-state index in [0.717, 1.165) is 6.07 Å². The van der Waals surface area contributed by atoms with E-state index in [0.29, 0.717) is 24.4 Å². The molecule has 146 valence electrons. The van der Waals surface area contributed by atoms with Gasteiger partial charge in [-0.2, -0.15) is 38.1 Å². The van der Waals surface area contributed by atoms with Gasteiger partial charge >= 0.3 is 12.4 Å². The second-order valence-corrected chi connectivity index (χ2v) is 7.35. The third-order valence-electron chi connectivity index (χ3n) is 4.09. The maximum atomic E-state index is 13.1. The fraction of sp³-hybridized carbons (Fsp3) is 0.562. The highest BCUT2D eigenvalue weighted by Crippen LogP contribution is 2.50. The highest BCUT2D eigenvalue weighted by Gasteiger charge is 2.71. The molecular weight excluding hydrogens is 384 g/mol. The van der Waals surface area contributed by atoms with E-state index in [1.165, 1.54) is 16.7 Å². The highest BCUT2D eigenvalue weighted by molar-refractivity contribution is 7.98. The lowest BCUT2D eigenvalue weighted by molar-refractivity contribution is -0.376. The van der Waals surface area contributed by atoms with Crippen LogP contribution in [0.4, 0.5) is 32.0 Å². The number of carbonyl (C=O) groups is 1. The van der Waals surface area contributed by atoms with E-state index in [-0.39, 0.29) is 28.8 Å². The summed E-state index contributed by atoms with van der Waals surface area (Å²) in [5.74, 6) is -0.0291. The number of anilines is 1. The summed E-state index contributed by atoms with van der Waals surface area (Å²) in [6.45, 7) is 3.61. The Morgan fingerprint density at radius 2 is 1.73 bits per heavy atom. The van der Waals surface area contributed by atoms with Crippen LogP contribution < -0.4 is 4.90 Å². The number of amides is 1. The fourth-order valence-corrected chi connectivity index (χ4v) is 3.58. The van der Waals surface area contributed by atoms with Crippen molar-refractivity contribution in [1.29, 1.82) is 0 Å². The maximum absolute atomic E-state index is 13.1. The summed E-state index contributed by atoms with van der Waals surface area (Å²) in [6.07, 6.45) is -11.9. The molecule has 1 aromatic rings. The number of benzene rings is 1. The van der Waals surface area contributed by atoms with Crippen molar-refractivity contribution in [3.8, 4) is 0 Å². The fourth-order valence-electron chi connectivity index (χ4n) is 2.68. The molecule has 1 amide bonds. The van der Waals surface area contributed by atoms with Gasteiger partial charge in [-0.05, 0) is 17.7 Å². The molecule has 0 radical (unpaired) electrons. The molecule has 1 N–H and O–H groups in total. The molecule has 0 aromatic heterocycles. The largest absolute Gasteiger partial charge is 0.430 e. The van der Waals surface area contributed by atoms with Crippen molar-refractivity contribution >= 4 is 23.4 Å². The zero-order valence-corrected chi connectivity index (χ0v) is 14.7. The van der Waals surface area contributed by atoms with Crippen molar-refractivity contribution in [3.63, 3.8) is 0 Å². The van der Waals surface area contributed by atoms with Gasteiger partial charge < -0.3 is 10.0 Å². The maximum Gasteiger partial charge on any atom is 0.430 e. The average Bonchev–Trinajstić information content (AvgIpc) is 2.72. The third kappa shape index (κ3) is 3.53. The van der Waals surface area contributed by atoms with E-state index in [1.54, 1.807) is 13.8 Å². The Morgan fingerprint density at radius 3 is 2.23 bits per heavy atom. The van der Waals surface area contributed by atoms with Crippen LogP contribution in [-0.4, -0.2) is 35.7 Å². The molecular formula is C16H17F6NO2S. The van der Waals surface area contributed by atoms with Gasteiger partial charge in [-0.1, -0.05) is 19.9 Å². The zero-order valence-electron chi connectivity index (χ0n) is 13.9. The minimum absolute atomic E-state index is 0.136. The van der Waals surface area contributed by atoms with Crippen molar-refractivity contribution in [2.75, 3.05) is 17.2 Å². The summed E-state index contributed by atoms with van der Waals surface area (Å²) >= 11 is 1.29. The van der Waals surface area contributed by atoms with Gasteiger partial charge in [0.25, 0.3) is 5.60 Å². The summed E-state index contributed by atoms with van der Waals surface area (Å²) in [6, 6.07) is 2.31. The number of hydrogen-bond acceptors (Lipinski definition) is 3. The summed E-state index contributed by atoms with van der Waals surface area (Å²) in [5, 5.41) is 9.55. The number of carbonyl (C=O) groups excluding carboxylic acids is 1. The zero-order chi connectivity index (χ0) is 19.9. The van der Waals surface area contributed by atoms with Gasteiger partial charge in [0.15, 0.2) is 0 Å². The van der Waals surface area contributed by atoms with Gasteiger partial charge in [0.2, 0.25) is 5.91 Å². The monoisotopic (exact) mass is 401 g/mol. The minimum atomic E-state index is -5.94. The number of thioether (sulfide) groups is 1. The minimum Gasteiger partial charge on any atom is -0.369 e. The number of aliphatic hydroxyl groups is 1. The van der Waals surface area contributed by atoms with Crippen LogP contribution in [0.2, 0.25) is 0 Å². The topological polar surface area (TPSA) is 40.5 Å². The van der Waals surface area contributed by atoms with E-state index < -0.39 is 23.5 Å². The van der Waals surface area contributed by atoms with E-state index >= 15 is 0 Å². The van der Waals surface area contributed by atoms with Crippen molar-refractivity contribution in [2.24, 2.45) is 5.92 Å². The Balaban J connectivity index is 2.60. The molecule has 1 aromatic carbocycles. The molecule has 0 spiro atoms. The summed E-state index contributed by atoms with van der Waals surface area (Å²) in [7, 11) is 0. The first-order valence-corrected chi connectivity index (χ1v) is 8.84. The molecule has 1 aliphatic heterocycles. The second-order valence-electron chi connectivity index (χ2n) is 6.25. The van der Waals surface area contributed by atoms with Crippen LogP contribution in [0.3, 0.4) is 0 Å². The standard InChI is InChI=1S/C16H17F6NO2S/c1-9(2)13(24)23-5-6-26-8-10-7-11(3-4-12(10)23)14(25,15(17,18)19)16(20,21)22/h3-4,7,9,25H,5-6,8H2,1-2H3. The van der Waals surface area contributed by atoms with Gasteiger partial charge in [-0.25, -0.2) is 0 Å². The molecule has 10 heteroatoms. The van der Waals surface area contributed by atoms with Crippen molar-refractivity contribution in [3.05, 3.63) is 29.3 Å².